The van der Waals surface area contributed by atoms with Gasteiger partial charge in [-0.3, -0.25) is 0 Å². The second kappa shape index (κ2) is 8.01. The lowest BCUT2D eigenvalue weighted by Crippen LogP contribution is -2.09. The number of hydrogen-bond donors (Lipinski definition) is 2. The Bertz CT molecular complexity index is 1170. The minimum Gasteiger partial charge on any atom is -0.348 e. The summed E-state index contributed by atoms with van der Waals surface area (Å²) in [5.41, 5.74) is 2.76. The Hall–Kier alpha value is -3.25. The Morgan fingerprint density at radius 3 is 2.55 bits per heavy atom. The standard InChI is InChI=1S/C22H19ClFN5/c1-13-4-5-15-7-9-19(29-21(15)20(13)23)28-18-8-6-16(12-17(18)24)14(2)27-22-25-10-3-11-26-22/h3-12,14H,1-2H3,(H,28,29)(H,25,26,27)/t14-/m0/s1. The summed E-state index contributed by atoms with van der Waals surface area (Å²) in [6.07, 6.45) is 3.31. The van der Waals surface area contributed by atoms with Crippen molar-refractivity contribution in [3.63, 3.8) is 0 Å². The minimum atomic E-state index is -0.373. The molecule has 0 aliphatic heterocycles. The number of fused-ring (bicyclic) bond motifs is 1. The van der Waals surface area contributed by atoms with E-state index in [0.29, 0.717) is 28.0 Å². The van der Waals surface area contributed by atoms with Gasteiger partial charge in [-0.15, -0.1) is 0 Å². The van der Waals surface area contributed by atoms with Gasteiger partial charge in [-0.25, -0.2) is 19.3 Å². The maximum atomic E-state index is 14.7. The molecular weight excluding hydrogens is 389 g/mol. The van der Waals surface area contributed by atoms with Crippen LogP contribution in [0.4, 0.5) is 21.8 Å². The Morgan fingerprint density at radius 1 is 1.03 bits per heavy atom. The summed E-state index contributed by atoms with van der Waals surface area (Å²) in [5.74, 6) is 0.651. The maximum absolute atomic E-state index is 14.7. The van der Waals surface area contributed by atoms with Gasteiger partial charge >= 0.3 is 0 Å². The van der Waals surface area contributed by atoms with Crippen LogP contribution < -0.4 is 10.6 Å². The topological polar surface area (TPSA) is 62.7 Å². The van der Waals surface area contributed by atoms with Crippen molar-refractivity contribution in [1.82, 2.24) is 15.0 Å². The highest BCUT2D eigenvalue weighted by Crippen LogP contribution is 2.29. The van der Waals surface area contributed by atoms with E-state index in [2.05, 4.69) is 25.6 Å². The predicted octanol–water partition coefficient (Wildman–Crippen LogP) is 6.04. The number of anilines is 3. The fourth-order valence-corrected chi connectivity index (χ4v) is 3.23. The quantitative estimate of drug-likeness (QED) is 0.422. The molecule has 0 aliphatic carbocycles. The lowest BCUT2D eigenvalue weighted by molar-refractivity contribution is 0.627. The first-order valence-electron chi connectivity index (χ1n) is 9.17. The highest BCUT2D eigenvalue weighted by atomic mass is 35.5. The lowest BCUT2D eigenvalue weighted by atomic mass is 10.1. The van der Waals surface area contributed by atoms with Gasteiger partial charge in [-0.1, -0.05) is 29.8 Å². The van der Waals surface area contributed by atoms with Gasteiger partial charge in [0.05, 0.1) is 22.3 Å². The van der Waals surface area contributed by atoms with Gasteiger partial charge in [0.15, 0.2) is 0 Å². The maximum Gasteiger partial charge on any atom is 0.223 e. The first kappa shape index (κ1) is 19.1. The SMILES string of the molecule is Cc1ccc2ccc(Nc3ccc([C@H](C)Nc4ncccn4)cc3F)nc2c1Cl. The molecule has 2 aromatic carbocycles. The molecule has 0 fully saturated rings. The molecule has 0 aliphatic rings. The van der Waals surface area contributed by atoms with E-state index in [1.165, 1.54) is 6.07 Å². The number of halogens is 2. The number of rotatable bonds is 5. The van der Waals surface area contributed by atoms with E-state index in [-0.39, 0.29) is 11.9 Å². The van der Waals surface area contributed by atoms with Crippen molar-refractivity contribution in [2.24, 2.45) is 0 Å². The van der Waals surface area contributed by atoms with Gasteiger partial charge in [0.2, 0.25) is 5.95 Å². The van der Waals surface area contributed by atoms with E-state index in [0.717, 1.165) is 16.5 Å². The van der Waals surface area contributed by atoms with Crippen LogP contribution in [0.1, 0.15) is 24.1 Å². The summed E-state index contributed by atoms with van der Waals surface area (Å²) >= 11 is 6.37. The molecule has 0 bridgehead atoms. The second-order valence-corrected chi connectivity index (χ2v) is 7.15. The van der Waals surface area contributed by atoms with Crippen molar-refractivity contribution in [3.05, 3.63) is 82.9 Å². The molecule has 4 aromatic rings. The van der Waals surface area contributed by atoms with Crippen molar-refractivity contribution in [3.8, 4) is 0 Å². The van der Waals surface area contributed by atoms with Gasteiger partial charge in [0.1, 0.15) is 11.6 Å². The van der Waals surface area contributed by atoms with Gasteiger partial charge in [-0.05, 0) is 55.3 Å². The average Bonchev–Trinajstić information content (AvgIpc) is 2.73. The third-order valence-corrected chi connectivity index (χ3v) is 5.14. The Kier molecular flexibility index (Phi) is 5.27. The van der Waals surface area contributed by atoms with Crippen LogP contribution in [0.2, 0.25) is 5.02 Å². The van der Waals surface area contributed by atoms with Gasteiger partial charge in [-0.2, -0.15) is 0 Å². The molecule has 0 radical (unpaired) electrons. The fourth-order valence-electron chi connectivity index (χ4n) is 3.02. The second-order valence-electron chi connectivity index (χ2n) is 6.77. The number of hydrogen-bond acceptors (Lipinski definition) is 5. The molecular formula is C22H19ClFN5. The summed E-state index contributed by atoms with van der Waals surface area (Å²) in [4.78, 5) is 12.8. The zero-order chi connectivity index (χ0) is 20.4. The normalized spacial score (nSPS) is 12.0. The van der Waals surface area contributed by atoms with Crippen LogP contribution in [0.25, 0.3) is 10.9 Å². The van der Waals surface area contributed by atoms with Crippen LogP contribution in [0, 0.1) is 12.7 Å². The summed E-state index contributed by atoms with van der Waals surface area (Å²) in [6, 6.07) is 14.3. The monoisotopic (exact) mass is 407 g/mol. The fraction of sp³-hybridized carbons (Fsp3) is 0.136. The molecule has 0 saturated heterocycles. The molecule has 146 valence electrons. The van der Waals surface area contributed by atoms with Crippen molar-refractivity contribution in [1.29, 1.82) is 0 Å². The molecule has 7 heteroatoms. The van der Waals surface area contributed by atoms with Gasteiger partial charge in [0, 0.05) is 17.8 Å². The van der Waals surface area contributed by atoms with Gasteiger partial charge in [0.25, 0.3) is 0 Å². The molecule has 0 unspecified atom stereocenters. The van der Waals surface area contributed by atoms with Crippen molar-refractivity contribution >= 4 is 40.0 Å². The summed E-state index contributed by atoms with van der Waals surface area (Å²) < 4.78 is 14.7. The number of benzene rings is 2. The minimum absolute atomic E-state index is 0.151. The highest BCUT2D eigenvalue weighted by Gasteiger charge is 2.12. The van der Waals surface area contributed by atoms with E-state index >= 15 is 0 Å². The van der Waals surface area contributed by atoms with Crippen LogP contribution in [-0.2, 0) is 0 Å². The van der Waals surface area contributed by atoms with Crippen LogP contribution >= 0.6 is 11.6 Å². The third kappa shape index (κ3) is 4.12. The Balaban J connectivity index is 1.55. The molecule has 29 heavy (non-hydrogen) atoms. The Labute approximate surface area is 173 Å². The molecule has 0 amide bonds. The van der Waals surface area contributed by atoms with E-state index in [4.69, 9.17) is 11.6 Å². The molecule has 0 saturated carbocycles. The number of aromatic nitrogens is 3. The molecule has 5 nitrogen and oxygen atoms in total. The first-order chi connectivity index (χ1) is 14.0. The van der Waals surface area contributed by atoms with Gasteiger partial charge < -0.3 is 10.6 Å². The summed E-state index contributed by atoms with van der Waals surface area (Å²) in [7, 11) is 0. The van der Waals surface area contributed by atoms with E-state index in [1.54, 1.807) is 30.6 Å². The van der Waals surface area contributed by atoms with Crippen molar-refractivity contribution < 1.29 is 4.39 Å². The number of nitrogens with one attached hydrogen (secondary N) is 2. The van der Waals surface area contributed by atoms with Crippen LogP contribution in [-0.4, -0.2) is 15.0 Å². The van der Waals surface area contributed by atoms with E-state index < -0.39 is 0 Å². The molecule has 2 heterocycles. The summed E-state index contributed by atoms with van der Waals surface area (Å²) in [5, 5.41) is 7.72. The molecule has 1 atom stereocenters. The average molecular weight is 408 g/mol. The van der Waals surface area contributed by atoms with Crippen molar-refractivity contribution in [2.75, 3.05) is 10.6 Å². The number of aryl methyl sites for hydroxylation is 1. The third-order valence-electron chi connectivity index (χ3n) is 4.66. The first-order valence-corrected chi connectivity index (χ1v) is 9.55. The molecule has 4 rings (SSSR count). The molecule has 2 N–H and O–H groups in total. The lowest BCUT2D eigenvalue weighted by Gasteiger charge is -2.15. The predicted molar refractivity (Wildman–Crippen MR) is 115 cm³/mol. The smallest absolute Gasteiger partial charge is 0.223 e. The zero-order valence-electron chi connectivity index (χ0n) is 15.9. The van der Waals surface area contributed by atoms with E-state index in [9.17, 15) is 4.39 Å². The highest BCUT2D eigenvalue weighted by molar-refractivity contribution is 6.35. The number of nitrogens with zero attached hydrogens (tertiary/aromatic N) is 3. The Morgan fingerprint density at radius 2 is 1.79 bits per heavy atom. The van der Waals surface area contributed by atoms with Crippen LogP contribution in [0.3, 0.4) is 0 Å². The molecule has 2 aromatic heterocycles. The zero-order valence-corrected chi connectivity index (χ0v) is 16.7. The number of pyridine rings is 1. The van der Waals surface area contributed by atoms with Crippen LogP contribution in [0.5, 0.6) is 0 Å². The van der Waals surface area contributed by atoms with E-state index in [1.807, 2.05) is 38.1 Å². The van der Waals surface area contributed by atoms with Crippen molar-refractivity contribution in [2.45, 2.75) is 19.9 Å². The summed E-state index contributed by atoms with van der Waals surface area (Å²) in [6.45, 7) is 3.85. The largest absolute Gasteiger partial charge is 0.348 e. The molecule has 0 spiro atoms. The van der Waals surface area contributed by atoms with Crippen LogP contribution in [0.15, 0.2) is 60.9 Å².